The number of piperazine rings is 2. The van der Waals surface area contributed by atoms with Gasteiger partial charge in [0, 0.05) is 52.4 Å². The number of rotatable bonds is 2. The Morgan fingerprint density at radius 1 is 0.667 bits per heavy atom. The SMILES string of the molecule is C1CN(ON2CCNCC2)CCN1.Cl.Cl. The Morgan fingerprint density at radius 2 is 1.00 bits per heavy atom. The maximum Gasteiger partial charge on any atom is 0.0385 e. The largest absolute Gasteiger partial charge is 0.314 e. The number of halogens is 2. The van der Waals surface area contributed by atoms with Crippen LogP contribution in [0.5, 0.6) is 0 Å². The molecule has 0 unspecified atom stereocenters. The second kappa shape index (κ2) is 8.52. The van der Waals surface area contributed by atoms with Crippen LogP contribution >= 0.6 is 24.8 Å². The van der Waals surface area contributed by atoms with Gasteiger partial charge in [-0.15, -0.1) is 24.8 Å². The van der Waals surface area contributed by atoms with Crippen molar-refractivity contribution in [1.29, 1.82) is 0 Å². The summed E-state index contributed by atoms with van der Waals surface area (Å²) in [5.74, 6) is 0. The first-order valence-electron chi connectivity index (χ1n) is 5.04. The van der Waals surface area contributed by atoms with Crippen LogP contribution in [0.3, 0.4) is 0 Å². The van der Waals surface area contributed by atoms with Crippen molar-refractivity contribution in [2.45, 2.75) is 0 Å². The van der Waals surface area contributed by atoms with E-state index in [0.717, 1.165) is 52.4 Å². The van der Waals surface area contributed by atoms with E-state index in [1.54, 1.807) is 0 Å². The van der Waals surface area contributed by atoms with Crippen molar-refractivity contribution in [2.24, 2.45) is 0 Å². The lowest BCUT2D eigenvalue weighted by Crippen LogP contribution is -2.51. The minimum atomic E-state index is 0. The van der Waals surface area contributed by atoms with Gasteiger partial charge in [-0.3, -0.25) is 0 Å². The van der Waals surface area contributed by atoms with E-state index in [9.17, 15) is 0 Å². The lowest BCUT2D eigenvalue weighted by Gasteiger charge is -2.33. The summed E-state index contributed by atoms with van der Waals surface area (Å²) < 4.78 is 0. The van der Waals surface area contributed by atoms with Crippen LogP contribution in [0.2, 0.25) is 0 Å². The first-order valence-corrected chi connectivity index (χ1v) is 5.04. The molecule has 0 saturated carbocycles. The van der Waals surface area contributed by atoms with Crippen LogP contribution in [-0.4, -0.2) is 62.5 Å². The van der Waals surface area contributed by atoms with E-state index in [1.807, 2.05) is 10.1 Å². The highest BCUT2D eigenvalue weighted by atomic mass is 35.5. The number of hydrogen-bond donors (Lipinski definition) is 2. The molecule has 0 radical (unpaired) electrons. The zero-order valence-electron chi connectivity index (χ0n) is 8.78. The Morgan fingerprint density at radius 3 is 1.33 bits per heavy atom. The summed E-state index contributed by atoms with van der Waals surface area (Å²) in [4.78, 5) is 5.72. The van der Waals surface area contributed by atoms with Crippen LogP contribution in [0.1, 0.15) is 0 Å². The van der Waals surface area contributed by atoms with Crippen LogP contribution in [0.25, 0.3) is 0 Å². The highest BCUT2D eigenvalue weighted by Crippen LogP contribution is 2.00. The molecular formula is C8H20Cl2N4O. The fourth-order valence-corrected chi connectivity index (χ4v) is 1.62. The number of nitrogens with zero attached hydrogens (tertiary/aromatic N) is 2. The molecule has 2 fully saturated rings. The van der Waals surface area contributed by atoms with E-state index in [2.05, 4.69) is 10.6 Å². The molecule has 2 aliphatic rings. The topological polar surface area (TPSA) is 39.8 Å². The zero-order valence-corrected chi connectivity index (χ0v) is 10.4. The maximum absolute atomic E-state index is 5.72. The molecule has 0 aromatic rings. The average Bonchev–Trinajstić information content (AvgIpc) is 2.21. The molecule has 2 rings (SSSR count). The zero-order chi connectivity index (χ0) is 8.93. The summed E-state index contributed by atoms with van der Waals surface area (Å²) in [6, 6.07) is 0. The summed E-state index contributed by atoms with van der Waals surface area (Å²) in [6.45, 7) is 8.10. The van der Waals surface area contributed by atoms with Crippen LogP contribution in [-0.2, 0) is 4.94 Å². The first-order chi connectivity index (χ1) is 6.45. The Hall–Kier alpha value is 0.380. The molecule has 0 bridgehead atoms. The predicted molar refractivity (Wildman–Crippen MR) is 64.5 cm³/mol. The third-order valence-electron chi connectivity index (χ3n) is 2.38. The van der Waals surface area contributed by atoms with Gasteiger partial charge in [0.2, 0.25) is 0 Å². The van der Waals surface area contributed by atoms with E-state index in [4.69, 9.17) is 4.94 Å². The third-order valence-corrected chi connectivity index (χ3v) is 2.38. The van der Waals surface area contributed by atoms with Crippen molar-refractivity contribution in [2.75, 3.05) is 52.4 Å². The molecular weight excluding hydrogens is 239 g/mol. The molecule has 0 aliphatic carbocycles. The van der Waals surface area contributed by atoms with Gasteiger partial charge in [-0.2, -0.15) is 10.1 Å². The van der Waals surface area contributed by atoms with Gasteiger partial charge in [0.15, 0.2) is 0 Å². The summed E-state index contributed by atoms with van der Waals surface area (Å²) in [7, 11) is 0. The highest BCUT2D eigenvalue weighted by molar-refractivity contribution is 5.85. The summed E-state index contributed by atoms with van der Waals surface area (Å²) in [6.07, 6.45) is 0. The van der Waals surface area contributed by atoms with Crippen LogP contribution < -0.4 is 10.6 Å². The predicted octanol–water partition coefficient (Wildman–Crippen LogP) is -0.513. The molecule has 0 aromatic carbocycles. The van der Waals surface area contributed by atoms with Crippen molar-refractivity contribution in [3.8, 4) is 0 Å². The van der Waals surface area contributed by atoms with E-state index >= 15 is 0 Å². The molecule has 15 heavy (non-hydrogen) atoms. The molecule has 92 valence electrons. The molecule has 0 aromatic heterocycles. The Balaban J connectivity index is 0.000000980. The normalized spacial score (nSPS) is 24.0. The van der Waals surface area contributed by atoms with E-state index < -0.39 is 0 Å². The maximum atomic E-state index is 5.72. The van der Waals surface area contributed by atoms with E-state index in [-0.39, 0.29) is 24.8 Å². The monoisotopic (exact) mass is 258 g/mol. The molecule has 7 heteroatoms. The standard InChI is InChI=1S/C8H18N4O.2ClH/c1-5-11(6-2-9-1)13-12-7-3-10-4-8-12;;/h9-10H,1-8H2;2*1H. The van der Waals surface area contributed by atoms with Crippen LogP contribution in [0.4, 0.5) is 0 Å². The fourth-order valence-electron chi connectivity index (χ4n) is 1.62. The number of hydrogen-bond acceptors (Lipinski definition) is 5. The third kappa shape index (κ3) is 5.31. The Kier molecular flexibility index (Phi) is 8.74. The molecule has 2 N–H and O–H groups in total. The van der Waals surface area contributed by atoms with Crippen LogP contribution in [0.15, 0.2) is 0 Å². The van der Waals surface area contributed by atoms with E-state index in [0.29, 0.717) is 0 Å². The van der Waals surface area contributed by atoms with Crippen molar-refractivity contribution < 1.29 is 4.94 Å². The Bertz CT molecular complexity index is 136. The summed E-state index contributed by atoms with van der Waals surface area (Å²) in [5, 5.41) is 10.7. The Labute approximate surface area is 103 Å². The van der Waals surface area contributed by atoms with Crippen molar-refractivity contribution >= 4 is 24.8 Å². The first kappa shape index (κ1) is 15.4. The second-order valence-corrected chi connectivity index (χ2v) is 3.44. The molecule has 2 saturated heterocycles. The number of nitrogens with one attached hydrogen (secondary N) is 2. The molecule has 0 spiro atoms. The molecule has 2 heterocycles. The lowest BCUT2D eigenvalue weighted by molar-refractivity contribution is -0.329. The van der Waals surface area contributed by atoms with Gasteiger partial charge in [0.25, 0.3) is 0 Å². The highest BCUT2D eigenvalue weighted by Gasteiger charge is 2.16. The molecule has 2 aliphatic heterocycles. The minimum absolute atomic E-state index is 0. The van der Waals surface area contributed by atoms with Crippen LogP contribution in [0, 0.1) is 0 Å². The van der Waals surface area contributed by atoms with E-state index in [1.165, 1.54) is 0 Å². The number of hydroxylamine groups is 4. The van der Waals surface area contributed by atoms with Crippen molar-refractivity contribution in [1.82, 2.24) is 20.8 Å². The van der Waals surface area contributed by atoms with Gasteiger partial charge in [0.1, 0.15) is 0 Å². The molecule has 0 amide bonds. The fraction of sp³-hybridized carbons (Fsp3) is 1.00. The second-order valence-electron chi connectivity index (χ2n) is 3.44. The van der Waals surface area contributed by atoms with Crippen molar-refractivity contribution in [3.63, 3.8) is 0 Å². The van der Waals surface area contributed by atoms with Gasteiger partial charge in [-0.25, -0.2) is 4.94 Å². The summed E-state index contributed by atoms with van der Waals surface area (Å²) in [5.41, 5.74) is 0. The van der Waals surface area contributed by atoms with Gasteiger partial charge >= 0.3 is 0 Å². The minimum Gasteiger partial charge on any atom is -0.314 e. The quantitative estimate of drug-likeness (QED) is 0.699. The van der Waals surface area contributed by atoms with Gasteiger partial charge < -0.3 is 10.6 Å². The van der Waals surface area contributed by atoms with Gasteiger partial charge in [-0.1, -0.05) is 0 Å². The molecule has 0 atom stereocenters. The lowest BCUT2D eigenvalue weighted by atomic mass is 10.4. The van der Waals surface area contributed by atoms with Gasteiger partial charge in [0.05, 0.1) is 0 Å². The summed E-state index contributed by atoms with van der Waals surface area (Å²) >= 11 is 0. The van der Waals surface area contributed by atoms with Gasteiger partial charge in [-0.05, 0) is 0 Å². The average molecular weight is 259 g/mol. The van der Waals surface area contributed by atoms with Crippen molar-refractivity contribution in [3.05, 3.63) is 0 Å². The smallest absolute Gasteiger partial charge is 0.0385 e. The molecule has 5 nitrogen and oxygen atoms in total.